The molecule has 0 aromatic carbocycles. The second-order valence-corrected chi connectivity index (χ2v) is 3.78. The number of nitrogens with zero attached hydrogens (tertiary/aromatic N) is 2. The maximum Gasteiger partial charge on any atom is 0.0821 e. The predicted molar refractivity (Wildman–Crippen MR) is 54.2 cm³/mol. The smallest absolute Gasteiger partial charge is 0.0821 e. The molecule has 13 heavy (non-hydrogen) atoms. The van der Waals surface area contributed by atoms with Crippen molar-refractivity contribution in [3.05, 3.63) is 29.1 Å². The van der Waals surface area contributed by atoms with Crippen LogP contribution in [-0.4, -0.2) is 10.7 Å². The Morgan fingerprint density at radius 1 is 1.38 bits per heavy atom. The van der Waals surface area contributed by atoms with Crippen molar-refractivity contribution < 1.29 is 0 Å². The summed E-state index contributed by atoms with van der Waals surface area (Å²) in [5.74, 6) is 0.556. The Bertz CT molecular complexity index is 364. The van der Waals surface area contributed by atoms with Crippen LogP contribution >= 0.6 is 0 Å². The number of hydrogen-bond donors (Lipinski definition) is 0. The number of fused-ring (bicyclic) bond motifs is 1. The zero-order valence-corrected chi connectivity index (χ0v) is 8.33. The molecule has 0 atom stereocenters. The van der Waals surface area contributed by atoms with E-state index in [0.717, 1.165) is 18.0 Å². The molecule has 0 saturated carbocycles. The zero-order chi connectivity index (χ0) is 9.42. The monoisotopic (exact) mass is 174 g/mol. The largest absolute Gasteiger partial charge is 0.283 e. The molecule has 1 aromatic rings. The quantitative estimate of drug-likeness (QED) is 0.642. The van der Waals surface area contributed by atoms with Crippen LogP contribution in [0.15, 0.2) is 17.3 Å². The third-order valence-electron chi connectivity index (χ3n) is 2.51. The van der Waals surface area contributed by atoms with Gasteiger partial charge in [0, 0.05) is 17.5 Å². The van der Waals surface area contributed by atoms with Gasteiger partial charge in [0.2, 0.25) is 0 Å². The van der Waals surface area contributed by atoms with Gasteiger partial charge in [0.15, 0.2) is 0 Å². The van der Waals surface area contributed by atoms with Crippen LogP contribution in [0.5, 0.6) is 0 Å². The Kier molecular flexibility index (Phi) is 1.91. The van der Waals surface area contributed by atoms with Gasteiger partial charge in [0.05, 0.1) is 12.2 Å². The average molecular weight is 174 g/mol. The van der Waals surface area contributed by atoms with E-state index in [1.165, 1.54) is 11.1 Å². The van der Waals surface area contributed by atoms with Crippen molar-refractivity contribution in [3.63, 3.8) is 0 Å². The molecular weight excluding hydrogens is 160 g/mol. The summed E-state index contributed by atoms with van der Waals surface area (Å²) in [5.41, 5.74) is 4.96. The molecule has 0 saturated heterocycles. The standard InChI is InChI=1S/C11H14N2/c1-7(2)9-4-5-12-10-6-13-8(3)11(9)10/h4-5,7H,6H2,1-3H3. The van der Waals surface area contributed by atoms with Gasteiger partial charge in [-0.25, -0.2) is 0 Å². The first kappa shape index (κ1) is 8.42. The summed E-state index contributed by atoms with van der Waals surface area (Å²) in [6.45, 7) is 7.25. The van der Waals surface area contributed by atoms with Gasteiger partial charge >= 0.3 is 0 Å². The normalized spacial score (nSPS) is 14.6. The number of rotatable bonds is 1. The lowest BCUT2D eigenvalue weighted by Crippen LogP contribution is -2.02. The molecule has 1 aliphatic rings. The molecule has 0 aliphatic carbocycles. The van der Waals surface area contributed by atoms with Crippen molar-refractivity contribution in [2.75, 3.05) is 0 Å². The maximum atomic E-state index is 4.40. The van der Waals surface area contributed by atoms with Crippen LogP contribution < -0.4 is 0 Å². The van der Waals surface area contributed by atoms with Crippen LogP contribution in [0.25, 0.3) is 0 Å². The summed E-state index contributed by atoms with van der Waals surface area (Å²) < 4.78 is 0. The lowest BCUT2D eigenvalue weighted by atomic mass is 9.95. The van der Waals surface area contributed by atoms with Crippen molar-refractivity contribution in [1.82, 2.24) is 4.98 Å². The number of pyridine rings is 1. The Morgan fingerprint density at radius 3 is 2.85 bits per heavy atom. The van der Waals surface area contributed by atoms with E-state index in [4.69, 9.17) is 0 Å². The minimum Gasteiger partial charge on any atom is -0.283 e. The summed E-state index contributed by atoms with van der Waals surface area (Å²) in [6, 6.07) is 2.10. The van der Waals surface area contributed by atoms with Gasteiger partial charge in [-0.2, -0.15) is 0 Å². The minimum absolute atomic E-state index is 0.556. The number of aliphatic imine (C=N–C) groups is 1. The Morgan fingerprint density at radius 2 is 2.15 bits per heavy atom. The molecular formula is C11H14N2. The highest BCUT2D eigenvalue weighted by Crippen LogP contribution is 2.25. The molecule has 1 aliphatic heterocycles. The van der Waals surface area contributed by atoms with E-state index in [1.807, 2.05) is 6.20 Å². The van der Waals surface area contributed by atoms with Crippen molar-refractivity contribution in [2.45, 2.75) is 33.2 Å². The van der Waals surface area contributed by atoms with Crippen molar-refractivity contribution in [3.8, 4) is 0 Å². The van der Waals surface area contributed by atoms with Crippen LogP contribution in [-0.2, 0) is 6.54 Å². The first-order chi connectivity index (χ1) is 6.20. The lowest BCUT2D eigenvalue weighted by Gasteiger charge is -2.10. The Balaban J connectivity index is 2.60. The number of aromatic nitrogens is 1. The fourth-order valence-electron chi connectivity index (χ4n) is 1.81. The number of hydrogen-bond acceptors (Lipinski definition) is 2. The van der Waals surface area contributed by atoms with Gasteiger partial charge in [-0.15, -0.1) is 0 Å². The highest BCUT2D eigenvalue weighted by Gasteiger charge is 2.18. The van der Waals surface area contributed by atoms with E-state index < -0.39 is 0 Å². The molecule has 0 spiro atoms. The fourth-order valence-corrected chi connectivity index (χ4v) is 1.81. The van der Waals surface area contributed by atoms with E-state index in [-0.39, 0.29) is 0 Å². The van der Waals surface area contributed by atoms with Crippen LogP contribution in [0.2, 0.25) is 0 Å². The van der Waals surface area contributed by atoms with Gasteiger partial charge in [-0.3, -0.25) is 9.98 Å². The van der Waals surface area contributed by atoms with Crippen LogP contribution in [0.4, 0.5) is 0 Å². The molecule has 0 fully saturated rings. The zero-order valence-electron chi connectivity index (χ0n) is 8.33. The van der Waals surface area contributed by atoms with Gasteiger partial charge in [-0.1, -0.05) is 13.8 Å². The summed E-state index contributed by atoms with van der Waals surface area (Å²) in [6.07, 6.45) is 1.89. The predicted octanol–water partition coefficient (Wildman–Crippen LogP) is 2.53. The first-order valence-corrected chi connectivity index (χ1v) is 4.69. The van der Waals surface area contributed by atoms with E-state index in [1.54, 1.807) is 0 Å². The van der Waals surface area contributed by atoms with E-state index in [2.05, 4.69) is 36.8 Å². The first-order valence-electron chi connectivity index (χ1n) is 4.69. The highest BCUT2D eigenvalue weighted by atomic mass is 14.8. The summed E-state index contributed by atoms with van der Waals surface area (Å²) in [7, 11) is 0. The van der Waals surface area contributed by atoms with Crippen molar-refractivity contribution >= 4 is 5.71 Å². The van der Waals surface area contributed by atoms with Gasteiger partial charge in [0.1, 0.15) is 0 Å². The summed E-state index contributed by atoms with van der Waals surface area (Å²) in [5, 5.41) is 0. The van der Waals surface area contributed by atoms with Crippen molar-refractivity contribution in [2.24, 2.45) is 4.99 Å². The summed E-state index contributed by atoms with van der Waals surface area (Å²) >= 11 is 0. The van der Waals surface area contributed by atoms with Crippen molar-refractivity contribution in [1.29, 1.82) is 0 Å². The molecule has 2 heterocycles. The van der Waals surface area contributed by atoms with Crippen LogP contribution in [0.3, 0.4) is 0 Å². The van der Waals surface area contributed by atoms with E-state index in [0.29, 0.717) is 5.92 Å². The second kappa shape index (κ2) is 2.95. The van der Waals surface area contributed by atoms with E-state index in [9.17, 15) is 0 Å². The molecule has 2 rings (SSSR count). The molecule has 0 amide bonds. The molecule has 1 aromatic heterocycles. The SMILES string of the molecule is CC1=NCc2nccc(C(C)C)c21. The third-order valence-corrected chi connectivity index (χ3v) is 2.51. The van der Waals surface area contributed by atoms with Gasteiger partial charge < -0.3 is 0 Å². The molecule has 0 N–H and O–H groups in total. The maximum absolute atomic E-state index is 4.40. The van der Waals surface area contributed by atoms with Crippen LogP contribution in [0, 0.1) is 0 Å². The fraction of sp³-hybridized carbons (Fsp3) is 0.455. The molecule has 0 unspecified atom stereocenters. The third kappa shape index (κ3) is 1.26. The van der Waals surface area contributed by atoms with Crippen LogP contribution in [0.1, 0.15) is 43.5 Å². The molecule has 2 nitrogen and oxygen atoms in total. The molecule has 0 bridgehead atoms. The Labute approximate surface area is 78.7 Å². The highest BCUT2D eigenvalue weighted by molar-refractivity contribution is 6.02. The lowest BCUT2D eigenvalue weighted by molar-refractivity contribution is 0.854. The average Bonchev–Trinajstić information content (AvgIpc) is 2.48. The molecule has 68 valence electrons. The van der Waals surface area contributed by atoms with Gasteiger partial charge in [0.25, 0.3) is 0 Å². The molecule has 0 radical (unpaired) electrons. The minimum atomic E-state index is 0.556. The Hall–Kier alpha value is -1.18. The second-order valence-electron chi connectivity index (χ2n) is 3.78. The summed E-state index contributed by atoms with van der Waals surface area (Å²) in [4.78, 5) is 8.74. The van der Waals surface area contributed by atoms with E-state index >= 15 is 0 Å². The molecule has 2 heteroatoms. The topological polar surface area (TPSA) is 25.2 Å². The van der Waals surface area contributed by atoms with Gasteiger partial charge in [-0.05, 0) is 24.5 Å².